The lowest BCUT2D eigenvalue weighted by molar-refractivity contribution is -0.135. The van der Waals surface area contributed by atoms with Gasteiger partial charge in [-0.25, -0.2) is 13.6 Å². The van der Waals surface area contributed by atoms with Gasteiger partial charge < -0.3 is 15.0 Å². The van der Waals surface area contributed by atoms with Gasteiger partial charge in [-0.2, -0.15) is 0 Å². The fourth-order valence-corrected chi connectivity index (χ4v) is 5.23. The zero-order valence-electron chi connectivity index (χ0n) is 18.2. The number of hydrogen-bond donors (Lipinski definition) is 1. The Balaban J connectivity index is 1.45. The minimum Gasteiger partial charge on any atom is -0.376 e. The summed E-state index contributed by atoms with van der Waals surface area (Å²) in [5, 5.41) is 2.99. The number of halogens is 2. The summed E-state index contributed by atoms with van der Waals surface area (Å²) in [7, 11) is 0. The van der Waals surface area contributed by atoms with Crippen molar-refractivity contribution in [1.82, 2.24) is 15.1 Å². The molecule has 0 aromatic heterocycles. The van der Waals surface area contributed by atoms with Crippen molar-refractivity contribution < 1.29 is 27.9 Å². The Morgan fingerprint density at radius 3 is 2.56 bits per heavy atom. The molecule has 0 bridgehead atoms. The van der Waals surface area contributed by atoms with Crippen LogP contribution in [-0.2, 0) is 9.53 Å². The molecule has 32 heavy (non-hydrogen) atoms. The predicted molar refractivity (Wildman–Crippen MR) is 112 cm³/mol. The number of nitrogens with zero attached hydrogens (tertiary/aromatic N) is 2. The highest BCUT2D eigenvalue weighted by Crippen LogP contribution is 2.37. The number of ether oxygens (including phenoxy) is 1. The van der Waals surface area contributed by atoms with Crippen LogP contribution in [0.5, 0.6) is 0 Å². The van der Waals surface area contributed by atoms with E-state index in [9.17, 15) is 23.2 Å². The van der Waals surface area contributed by atoms with E-state index in [1.54, 1.807) is 4.90 Å². The average Bonchev–Trinajstić information content (AvgIpc) is 3.39. The highest BCUT2D eigenvalue weighted by Gasteiger charge is 2.55. The lowest BCUT2D eigenvalue weighted by Gasteiger charge is -2.41. The molecule has 3 fully saturated rings. The molecule has 3 aliphatic heterocycles. The Kier molecular flexibility index (Phi) is 6.46. The van der Waals surface area contributed by atoms with E-state index in [-0.39, 0.29) is 42.0 Å². The number of urea groups is 1. The molecule has 0 spiro atoms. The van der Waals surface area contributed by atoms with E-state index >= 15 is 0 Å². The maximum absolute atomic E-state index is 13.5. The summed E-state index contributed by atoms with van der Waals surface area (Å²) < 4.78 is 32.3. The van der Waals surface area contributed by atoms with E-state index in [1.165, 1.54) is 11.0 Å². The molecular weight excluding hydrogens is 420 g/mol. The molecule has 3 saturated heterocycles. The van der Waals surface area contributed by atoms with Crippen LogP contribution in [-0.4, -0.2) is 65.5 Å². The van der Waals surface area contributed by atoms with Gasteiger partial charge in [-0.15, -0.1) is 0 Å². The molecule has 9 heteroatoms. The SMILES string of the molecule is CCC[C@@]1(C2CCN(C(=O)c3ccc(F)c(F)c3)CC2)NC(=O)N(C[C@H]2CCCO2)C1=O. The van der Waals surface area contributed by atoms with Crippen molar-refractivity contribution in [3.05, 3.63) is 35.4 Å². The Hall–Kier alpha value is -2.55. The molecule has 0 radical (unpaired) electrons. The molecule has 7 nitrogen and oxygen atoms in total. The summed E-state index contributed by atoms with van der Waals surface area (Å²) in [6.07, 6.45) is 3.98. The van der Waals surface area contributed by atoms with Gasteiger partial charge in [0.05, 0.1) is 12.6 Å². The molecular formula is C23H29F2N3O4. The van der Waals surface area contributed by atoms with E-state index < -0.39 is 17.2 Å². The van der Waals surface area contributed by atoms with Gasteiger partial charge in [0.15, 0.2) is 11.6 Å². The normalized spacial score (nSPS) is 26.7. The Morgan fingerprint density at radius 1 is 1.19 bits per heavy atom. The quantitative estimate of drug-likeness (QED) is 0.677. The highest BCUT2D eigenvalue weighted by atomic mass is 19.2. The number of nitrogens with one attached hydrogen (secondary N) is 1. The van der Waals surface area contributed by atoms with Gasteiger partial charge in [-0.05, 0) is 56.2 Å². The second kappa shape index (κ2) is 9.13. The van der Waals surface area contributed by atoms with Crippen molar-refractivity contribution in [1.29, 1.82) is 0 Å². The summed E-state index contributed by atoms with van der Waals surface area (Å²) in [6.45, 7) is 3.65. The monoisotopic (exact) mass is 449 g/mol. The van der Waals surface area contributed by atoms with Gasteiger partial charge in [-0.3, -0.25) is 14.5 Å². The first kappa shape index (κ1) is 22.6. The highest BCUT2D eigenvalue weighted by molar-refractivity contribution is 6.07. The molecule has 1 aromatic carbocycles. The first-order valence-corrected chi connectivity index (χ1v) is 11.4. The predicted octanol–water partition coefficient (Wildman–Crippen LogP) is 3.09. The molecule has 4 amide bonds. The van der Waals surface area contributed by atoms with Crippen LogP contribution in [0.4, 0.5) is 13.6 Å². The number of piperidine rings is 1. The third-order valence-electron chi connectivity index (χ3n) is 6.90. The van der Waals surface area contributed by atoms with Gasteiger partial charge in [0.1, 0.15) is 5.54 Å². The number of amides is 4. The van der Waals surface area contributed by atoms with Crippen LogP contribution in [0.25, 0.3) is 0 Å². The molecule has 0 saturated carbocycles. The van der Waals surface area contributed by atoms with Crippen molar-refractivity contribution in [2.45, 2.75) is 57.1 Å². The summed E-state index contributed by atoms with van der Waals surface area (Å²) in [5.74, 6) is -2.73. The maximum Gasteiger partial charge on any atom is 0.325 e. The van der Waals surface area contributed by atoms with E-state index in [2.05, 4.69) is 5.32 Å². The van der Waals surface area contributed by atoms with Crippen molar-refractivity contribution in [2.75, 3.05) is 26.2 Å². The third-order valence-corrected chi connectivity index (χ3v) is 6.90. The topological polar surface area (TPSA) is 79.0 Å². The summed E-state index contributed by atoms with van der Waals surface area (Å²) in [5.41, 5.74) is -0.875. The number of rotatable bonds is 6. The van der Waals surface area contributed by atoms with E-state index in [0.717, 1.165) is 31.4 Å². The average molecular weight is 449 g/mol. The number of imide groups is 1. The molecule has 1 aromatic rings. The molecule has 1 N–H and O–H groups in total. The van der Waals surface area contributed by atoms with Gasteiger partial charge in [0.2, 0.25) is 0 Å². The Morgan fingerprint density at radius 2 is 1.94 bits per heavy atom. The van der Waals surface area contributed by atoms with E-state index in [0.29, 0.717) is 39.0 Å². The second-order valence-corrected chi connectivity index (χ2v) is 8.90. The van der Waals surface area contributed by atoms with Crippen molar-refractivity contribution in [3.63, 3.8) is 0 Å². The molecule has 3 heterocycles. The smallest absolute Gasteiger partial charge is 0.325 e. The third kappa shape index (κ3) is 4.10. The van der Waals surface area contributed by atoms with E-state index in [4.69, 9.17) is 4.74 Å². The minimum absolute atomic E-state index is 0.0959. The van der Waals surface area contributed by atoms with Gasteiger partial charge in [-0.1, -0.05) is 13.3 Å². The van der Waals surface area contributed by atoms with Crippen LogP contribution < -0.4 is 5.32 Å². The van der Waals surface area contributed by atoms with Gasteiger partial charge in [0, 0.05) is 25.3 Å². The number of likely N-dealkylation sites (tertiary alicyclic amines) is 1. The largest absolute Gasteiger partial charge is 0.376 e. The van der Waals surface area contributed by atoms with Crippen molar-refractivity contribution in [3.8, 4) is 0 Å². The van der Waals surface area contributed by atoms with Crippen LogP contribution in [0.15, 0.2) is 18.2 Å². The number of carbonyl (C=O) groups excluding carboxylic acids is 3. The zero-order chi connectivity index (χ0) is 22.9. The number of hydrogen-bond acceptors (Lipinski definition) is 4. The molecule has 174 valence electrons. The van der Waals surface area contributed by atoms with Crippen LogP contribution in [0.1, 0.15) is 55.8 Å². The lowest BCUT2D eigenvalue weighted by Crippen LogP contribution is -2.56. The maximum atomic E-state index is 13.5. The zero-order valence-corrected chi connectivity index (χ0v) is 18.2. The minimum atomic E-state index is -1.06. The van der Waals surface area contributed by atoms with Crippen molar-refractivity contribution >= 4 is 17.8 Å². The number of benzene rings is 1. The fraction of sp³-hybridized carbons (Fsp3) is 0.609. The molecule has 0 unspecified atom stereocenters. The van der Waals surface area contributed by atoms with Gasteiger partial charge in [0.25, 0.3) is 11.8 Å². The lowest BCUT2D eigenvalue weighted by atomic mass is 9.74. The van der Waals surface area contributed by atoms with Crippen LogP contribution >= 0.6 is 0 Å². The number of carbonyl (C=O) groups is 3. The Bertz CT molecular complexity index is 897. The summed E-state index contributed by atoms with van der Waals surface area (Å²) in [6, 6.07) is 2.75. The summed E-state index contributed by atoms with van der Waals surface area (Å²) >= 11 is 0. The van der Waals surface area contributed by atoms with Crippen LogP contribution in [0.2, 0.25) is 0 Å². The first-order valence-electron chi connectivity index (χ1n) is 11.4. The van der Waals surface area contributed by atoms with Crippen LogP contribution in [0, 0.1) is 17.6 Å². The molecule has 2 atom stereocenters. The first-order chi connectivity index (χ1) is 15.4. The molecule has 3 aliphatic rings. The second-order valence-electron chi connectivity index (χ2n) is 8.90. The summed E-state index contributed by atoms with van der Waals surface area (Å²) in [4.78, 5) is 41.8. The van der Waals surface area contributed by atoms with Crippen molar-refractivity contribution in [2.24, 2.45) is 5.92 Å². The van der Waals surface area contributed by atoms with Crippen LogP contribution in [0.3, 0.4) is 0 Å². The fourth-order valence-electron chi connectivity index (χ4n) is 5.23. The van der Waals surface area contributed by atoms with Gasteiger partial charge >= 0.3 is 6.03 Å². The Labute approximate surface area is 186 Å². The van der Waals surface area contributed by atoms with E-state index in [1.807, 2.05) is 6.92 Å². The standard InChI is InChI=1S/C23H29F2N3O4/c1-2-9-23(21(30)28(22(31)26-23)14-17-4-3-12-32-17)16-7-10-27(11-8-16)20(29)15-5-6-18(24)19(25)13-15/h5-6,13,16-17H,2-4,7-12,14H2,1H3,(H,26,31)/t17-,23+/m1/s1. The molecule has 0 aliphatic carbocycles. The molecule has 4 rings (SSSR count).